The standard InChI is InChI=1S/C17H16ClF3N2O/c1-11(12-5-3-2-4-6-12)22-10-16(24)23-15-9-13(17(19,20)21)7-8-14(15)18/h2-9,11,22H,10H2,1H3,(H,23,24). The number of rotatable bonds is 5. The van der Waals surface area contributed by atoms with Crippen molar-refractivity contribution in [2.75, 3.05) is 11.9 Å². The summed E-state index contributed by atoms with van der Waals surface area (Å²) >= 11 is 5.85. The zero-order valence-corrected chi connectivity index (χ0v) is 13.6. The molecule has 0 bridgehead atoms. The third kappa shape index (κ3) is 4.97. The van der Waals surface area contributed by atoms with Gasteiger partial charge in [0.25, 0.3) is 0 Å². The van der Waals surface area contributed by atoms with Crippen molar-refractivity contribution >= 4 is 23.2 Å². The molecule has 0 aliphatic carbocycles. The number of carbonyl (C=O) groups excluding carboxylic acids is 1. The molecule has 2 aromatic carbocycles. The number of benzene rings is 2. The largest absolute Gasteiger partial charge is 0.416 e. The van der Waals surface area contributed by atoms with Gasteiger partial charge in [-0.15, -0.1) is 0 Å². The van der Waals surface area contributed by atoms with E-state index in [1.807, 2.05) is 37.3 Å². The fourth-order valence-corrected chi connectivity index (χ4v) is 2.26. The Hall–Kier alpha value is -2.05. The Labute approximate surface area is 142 Å². The zero-order chi connectivity index (χ0) is 17.7. The molecule has 0 saturated heterocycles. The predicted molar refractivity (Wildman–Crippen MR) is 87.9 cm³/mol. The lowest BCUT2D eigenvalue weighted by molar-refractivity contribution is -0.137. The lowest BCUT2D eigenvalue weighted by Crippen LogP contribution is -2.30. The summed E-state index contributed by atoms with van der Waals surface area (Å²) in [4.78, 5) is 11.9. The summed E-state index contributed by atoms with van der Waals surface area (Å²) in [5.74, 6) is -0.473. The van der Waals surface area contributed by atoms with Crippen LogP contribution in [0.4, 0.5) is 18.9 Å². The van der Waals surface area contributed by atoms with Crippen molar-refractivity contribution in [1.82, 2.24) is 5.32 Å². The minimum absolute atomic E-state index is 0.0486. The molecule has 1 amide bonds. The van der Waals surface area contributed by atoms with Crippen LogP contribution in [0.25, 0.3) is 0 Å². The van der Waals surface area contributed by atoms with Crippen LogP contribution in [0.1, 0.15) is 24.1 Å². The maximum Gasteiger partial charge on any atom is 0.416 e. The van der Waals surface area contributed by atoms with Crippen LogP contribution < -0.4 is 10.6 Å². The first-order valence-corrected chi connectivity index (χ1v) is 7.60. The van der Waals surface area contributed by atoms with Crippen molar-refractivity contribution in [2.45, 2.75) is 19.1 Å². The number of alkyl halides is 3. The second-order valence-corrected chi connectivity index (χ2v) is 5.66. The molecule has 0 aromatic heterocycles. The molecule has 2 aromatic rings. The third-order valence-corrected chi connectivity index (χ3v) is 3.77. The highest BCUT2D eigenvalue weighted by molar-refractivity contribution is 6.33. The van der Waals surface area contributed by atoms with Gasteiger partial charge in [0.1, 0.15) is 0 Å². The van der Waals surface area contributed by atoms with E-state index in [2.05, 4.69) is 10.6 Å². The SMILES string of the molecule is CC(NCC(=O)Nc1cc(C(F)(F)F)ccc1Cl)c1ccccc1. The number of nitrogens with one attached hydrogen (secondary N) is 2. The van der Waals surface area contributed by atoms with Crippen molar-refractivity contribution in [3.05, 3.63) is 64.7 Å². The highest BCUT2D eigenvalue weighted by Gasteiger charge is 2.31. The highest BCUT2D eigenvalue weighted by Crippen LogP contribution is 2.33. The van der Waals surface area contributed by atoms with E-state index in [0.717, 1.165) is 23.8 Å². The summed E-state index contributed by atoms with van der Waals surface area (Å²) in [7, 11) is 0. The molecule has 3 nitrogen and oxygen atoms in total. The number of halogens is 4. The average molecular weight is 357 g/mol. The Morgan fingerprint density at radius 3 is 2.46 bits per heavy atom. The van der Waals surface area contributed by atoms with Gasteiger partial charge >= 0.3 is 6.18 Å². The van der Waals surface area contributed by atoms with Crippen molar-refractivity contribution in [1.29, 1.82) is 0 Å². The number of amides is 1. The van der Waals surface area contributed by atoms with Gasteiger partial charge in [0.2, 0.25) is 5.91 Å². The fraction of sp³-hybridized carbons (Fsp3) is 0.235. The van der Waals surface area contributed by atoms with Crippen molar-refractivity contribution < 1.29 is 18.0 Å². The summed E-state index contributed by atoms with van der Waals surface area (Å²) in [5.41, 5.74) is 0.0702. The minimum atomic E-state index is -4.50. The molecule has 1 atom stereocenters. The lowest BCUT2D eigenvalue weighted by atomic mass is 10.1. The van der Waals surface area contributed by atoms with Gasteiger partial charge in [0, 0.05) is 6.04 Å². The molecule has 0 aliphatic heterocycles. The van der Waals surface area contributed by atoms with E-state index < -0.39 is 17.6 Å². The molecule has 24 heavy (non-hydrogen) atoms. The number of hydrogen-bond acceptors (Lipinski definition) is 2. The Balaban J connectivity index is 1.97. The minimum Gasteiger partial charge on any atom is -0.324 e. The van der Waals surface area contributed by atoms with Crippen LogP contribution in [0.5, 0.6) is 0 Å². The second-order valence-electron chi connectivity index (χ2n) is 5.25. The lowest BCUT2D eigenvalue weighted by Gasteiger charge is -2.15. The van der Waals surface area contributed by atoms with Crippen LogP contribution in [0.3, 0.4) is 0 Å². The molecular formula is C17H16ClF3N2O. The zero-order valence-electron chi connectivity index (χ0n) is 12.8. The number of hydrogen-bond donors (Lipinski definition) is 2. The summed E-state index contributed by atoms with van der Waals surface area (Å²) in [6.45, 7) is 1.84. The highest BCUT2D eigenvalue weighted by atomic mass is 35.5. The van der Waals surface area contributed by atoms with E-state index in [-0.39, 0.29) is 23.3 Å². The molecule has 128 valence electrons. The van der Waals surface area contributed by atoms with Gasteiger partial charge in [0.05, 0.1) is 22.8 Å². The van der Waals surface area contributed by atoms with Gasteiger partial charge in [-0.2, -0.15) is 13.2 Å². The summed E-state index contributed by atoms with van der Waals surface area (Å²) in [6.07, 6.45) is -4.50. The summed E-state index contributed by atoms with van der Waals surface area (Å²) < 4.78 is 38.1. The van der Waals surface area contributed by atoms with Gasteiger partial charge in [-0.05, 0) is 30.7 Å². The molecule has 2 rings (SSSR count). The third-order valence-electron chi connectivity index (χ3n) is 3.44. The van der Waals surface area contributed by atoms with Crippen LogP contribution in [-0.4, -0.2) is 12.5 Å². The molecule has 2 N–H and O–H groups in total. The first kappa shape index (κ1) is 18.3. The summed E-state index contributed by atoms with van der Waals surface area (Å²) in [5, 5.41) is 5.45. The van der Waals surface area contributed by atoms with E-state index in [9.17, 15) is 18.0 Å². The Bertz CT molecular complexity index is 705. The van der Waals surface area contributed by atoms with Crippen LogP contribution >= 0.6 is 11.6 Å². The van der Waals surface area contributed by atoms with Gasteiger partial charge in [0.15, 0.2) is 0 Å². The van der Waals surface area contributed by atoms with E-state index >= 15 is 0 Å². The normalized spacial score (nSPS) is 12.7. The van der Waals surface area contributed by atoms with Crippen molar-refractivity contribution in [3.63, 3.8) is 0 Å². The van der Waals surface area contributed by atoms with Crippen LogP contribution in [0.2, 0.25) is 5.02 Å². The van der Waals surface area contributed by atoms with Crippen molar-refractivity contribution in [2.24, 2.45) is 0 Å². The first-order valence-electron chi connectivity index (χ1n) is 7.22. The quantitative estimate of drug-likeness (QED) is 0.818. The smallest absolute Gasteiger partial charge is 0.324 e. The van der Waals surface area contributed by atoms with Crippen molar-refractivity contribution in [3.8, 4) is 0 Å². The van der Waals surface area contributed by atoms with E-state index in [1.54, 1.807) is 0 Å². The average Bonchev–Trinajstić information content (AvgIpc) is 2.54. The Morgan fingerprint density at radius 1 is 1.17 bits per heavy atom. The van der Waals surface area contributed by atoms with Crippen LogP contribution in [0.15, 0.2) is 48.5 Å². The molecule has 7 heteroatoms. The van der Waals surface area contributed by atoms with E-state index in [1.165, 1.54) is 0 Å². The molecule has 0 spiro atoms. The fourth-order valence-electron chi connectivity index (χ4n) is 2.10. The molecule has 0 heterocycles. The van der Waals surface area contributed by atoms with Crippen LogP contribution in [0, 0.1) is 0 Å². The molecule has 0 fully saturated rings. The summed E-state index contributed by atoms with van der Waals surface area (Å²) in [6, 6.07) is 12.2. The first-order chi connectivity index (χ1) is 11.3. The monoisotopic (exact) mass is 356 g/mol. The molecule has 0 saturated carbocycles. The topological polar surface area (TPSA) is 41.1 Å². The molecule has 0 radical (unpaired) electrons. The van der Waals surface area contributed by atoms with Gasteiger partial charge < -0.3 is 10.6 Å². The second kappa shape index (κ2) is 7.68. The Morgan fingerprint density at radius 2 is 1.83 bits per heavy atom. The van der Waals surface area contributed by atoms with E-state index in [4.69, 9.17) is 11.6 Å². The van der Waals surface area contributed by atoms with Gasteiger partial charge in [-0.1, -0.05) is 41.9 Å². The van der Waals surface area contributed by atoms with E-state index in [0.29, 0.717) is 0 Å². The van der Waals surface area contributed by atoms with Crippen LogP contribution in [-0.2, 0) is 11.0 Å². The van der Waals surface area contributed by atoms with Gasteiger partial charge in [-0.25, -0.2) is 0 Å². The predicted octanol–water partition coefficient (Wildman–Crippen LogP) is 4.65. The maximum atomic E-state index is 12.7. The number of anilines is 1. The molecule has 1 unspecified atom stereocenters. The molecular weight excluding hydrogens is 341 g/mol. The maximum absolute atomic E-state index is 12.7. The molecule has 0 aliphatic rings. The Kier molecular flexibility index (Phi) is 5.85. The van der Waals surface area contributed by atoms with Gasteiger partial charge in [-0.3, -0.25) is 4.79 Å². The number of carbonyl (C=O) groups is 1.